The molecule has 0 aliphatic carbocycles. The Hall–Kier alpha value is -1.67. The van der Waals surface area contributed by atoms with Crippen molar-refractivity contribution in [1.82, 2.24) is 4.31 Å². The Balaban J connectivity index is 2.27. The van der Waals surface area contributed by atoms with Gasteiger partial charge in [-0.25, -0.2) is 12.8 Å². The number of carbonyl (C=O) groups is 1. The molecule has 8 heteroatoms. The Morgan fingerprint density at radius 1 is 1.30 bits per heavy atom. The van der Waals surface area contributed by atoms with Crippen molar-refractivity contribution in [1.29, 1.82) is 0 Å². The van der Waals surface area contributed by atoms with Crippen molar-refractivity contribution in [3.05, 3.63) is 24.0 Å². The lowest BCUT2D eigenvalue weighted by atomic mass is 9.98. The van der Waals surface area contributed by atoms with Crippen molar-refractivity contribution in [3.8, 4) is 0 Å². The zero-order valence-electron chi connectivity index (χ0n) is 10.8. The minimum absolute atomic E-state index is 0.123. The van der Waals surface area contributed by atoms with Gasteiger partial charge in [0.05, 0.1) is 5.69 Å². The van der Waals surface area contributed by atoms with E-state index in [4.69, 9.17) is 11.5 Å². The van der Waals surface area contributed by atoms with Gasteiger partial charge in [-0.1, -0.05) is 6.07 Å². The first-order chi connectivity index (χ1) is 9.34. The van der Waals surface area contributed by atoms with Crippen LogP contribution in [0.1, 0.15) is 12.8 Å². The minimum atomic E-state index is -3.99. The molecule has 4 N–H and O–H groups in total. The largest absolute Gasteiger partial charge is 0.398 e. The van der Waals surface area contributed by atoms with Crippen LogP contribution in [0.5, 0.6) is 0 Å². The number of nitrogens with two attached hydrogens (primary N) is 2. The summed E-state index contributed by atoms with van der Waals surface area (Å²) in [4.78, 5) is 10.6. The minimum Gasteiger partial charge on any atom is -0.398 e. The van der Waals surface area contributed by atoms with Crippen LogP contribution >= 0.6 is 0 Å². The Kier molecular flexibility index (Phi) is 3.96. The molecule has 1 aromatic carbocycles. The fraction of sp³-hybridized carbons (Fsp3) is 0.417. The quantitative estimate of drug-likeness (QED) is 0.783. The van der Waals surface area contributed by atoms with Crippen LogP contribution in [-0.2, 0) is 14.8 Å². The molecule has 0 unspecified atom stereocenters. The number of hydrogen-bond donors (Lipinski definition) is 2. The number of amides is 1. The molecular formula is C12H16FN3O3S. The van der Waals surface area contributed by atoms with Crippen LogP contribution in [0.25, 0.3) is 0 Å². The third-order valence-corrected chi connectivity index (χ3v) is 5.44. The molecule has 0 saturated carbocycles. The number of primary amides is 1. The summed E-state index contributed by atoms with van der Waals surface area (Å²) in [5, 5.41) is 0. The third kappa shape index (κ3) is 2.61. The first-order valence-corrected chi connectivity index (χ1v) is 7.61. The van der Waals surface area contributed by atoms with Gasteiger partial charge in [-0.3, -0.25) is 4.79 Å². The van der Waals surface area contributed by atoms with Gasteiger partial charge in [0.1, 0.15) is 10.7 Å². The van der Waals surface area contributed by atoms with Crippen LogP contribution in [0, 0.1) is 11.7 Å². The summed E-state index contributed by atoms with van der Waals surface area (Å²) in [5.41, 5.74) is 10.6. The van der Waals surface area contributed by atoms with Crippen molar-refractivity contribution in [2.45, 2.75) is 17.7 Å². The lowest BCUT2D eigenvalue weighted by molar-refractivity contribution is -0.122. The number of sulfonamides is 1. The van der Waals surface area contributed by atoms with Crippen molar-refractivity contribution in [2.75, 3.05) is 18.8 Å². The molecule has 20 heavy (non-hydrogen) atoms. The van der Waals surface area contributed by atoms with E-state index in [9.17, 15) is 17.6 Å². The normalized spacial score (nSPS) is 18.1. The molecule has 1 aliphatic heterocycles. The van der Waals surface area contributed by atoms with E-state index in [0.717, 1.165) is 10.4 Å². The molecular weight excluding hydrogens is 285 g/mol. The number of piperidine rings is 1. The molecule has 1 aromatic rings. The fourth-order valence-corrected chi connectivity index (χ4v) is 3.94. The Morgan fingerprint density at radius 3 is 2.40 bits per heavy atom. The maximum atomic E-state index is 13.7. The maximum absolute atomic E-state index is 13.7. The molecule has 0 atom stereocenters. The van der Waals surface area contributed by atoms with Gasteiger partial charge >= 0.3 is 0 Å². The van der Waals surface area contributed by atoms with Crippen LogP contribution in [0.15, 0.2) is 23.1 Å². The summed E-state index contributed by atoms with van der Waals surface area (Å²) >= 11 is 0. The number of nitrogens with zero attached hydrogens (tertiary/aromatic N) is 1. The number of nitrogen functional groups attached to an aromatic ring is 1. The monoisotopic (exact) mass is 301 g/mol. The zero-order valence-corrected chi connectivity index (χ0v) is 11.6. The first kappa shape index (κ1) is 14.7. The number of rotatable bonds is 3. The van der Waals surface area contributed by atoms with Crippen molar-refractivity contribution in [3.63, 3.8) is 0 Å². The van der Waals surface area contributed by atoms with E-state index in [0.29, 0.717) is 12.8 Å². The maximum Gasteiger partial charge on any atom is 0.248 e. The average Bonchev–Trinajstić information content (AvgIpc) is 2.38. The highest BCUT2D eigenvalue weighted by Crippen LogP contribution is 2.28. The number of anilines is 1. The van der Waals surface area contributed by atoms with E-state index in [2.05, 4.69) is 0 Å². The molecule has 0 aromatic heterocycles. The summed E-state index contributed by atoms with van der Waals surface area (Å²) in [7, 11) is -3.99. The lowest BCUT2D eigenvalue weighted by Crippen LogP contribution is -2.42. The van der Waals surface area contributed by atoms with Crippen molar-refractivity contribution < 1.29 is 17.6 Å². The van der Waals surface area contributed by atoms with Gasteiger partial charge in [-0.05, 0) is 25.0 Å². The summed E-state index contributed by atoms with van der Waals surface area (Å²) < 4.78 is 39.7. The first-order valence-electron chi connectivity index (χ1n) is 6.17. The van der Waals surface area contributed by atoms with Crippen molar-refractivity contribution in [2.24, 2.45) is 11.7 Å². The number of hydrogen-bond acceptors (Lipinski definition) is 4. The number of halogens is 1. The smallest absolute Gasteiger partial charge is 0.248 e. The van der Waals surface area contributed by atoms with Gasteiger partial charge in [0.25, 0.3) is 0 Å². The molecule has 1 fully saturated rings. The highest BCUT2D eigenvalue weighted by Gasteiger charge is 2.34. The zero-order chi connectivity index (χ0) is 14.9. The Labute approximate surface area is 116 Å². The topological polar surface area (TPSA) is 106 Å². The van der Waals surface area contributed by atoms with Crippen LogP contribution < -0.4 is 11.5 Å². The predicted octanol–water partition coefficient (Wildman–Crippen LogP) is 0.294. The van der Waals surface area contributed by atoms with E-state index in [-0.39, 0.29) is 24.7 Å². The molecule has 2 rings (SSSR count). The molecule has 1 amide bonds. The molecule has 0 radical (unpaired) electrons. The van der Waals surface area contributed by atoms with E-state index in [1.54, 1.807) is 0 Å². The number of benzene rings is 1. The number of carbonyl (C=O) groups excluding carboxylic acids is 1. The standard InChI is InChI=1S/C12H16FN3O3S/c13-9-2-1-3-10(14)11(9)20(18,19)16-6-4-8(5-7-16)12(15)17/h1-3,8H,4-7,14H2,(H2,15,17). The molecule has 1 aliphatic rings. The van der Waals surface area contributed by atoms with Crippen LogP contribution in [-0.4, -0.2) is 31.7 Å². The van der Waals surface area contributed by atoms with Gasteiger partial charge in [-0.15, -0.1) is 0 Å². The summed E-state index contributed by atoms with van der Waals surface area (Å²) in [6.45, 7) is 0.257. The molecule has 6 nitrogen and oxygen atoms in total. The molecule has 110 valence electrons. The van der Waals surface area contributed by atoms with Gasteiger partial charge in [0.2, 0.25) is 15.9 Å². The average molecular weight is 301 g/mol. The van der Waals surface area contributed by atoms with Crippen molar-refractivity contribution >= 4 is 21.6 Å². The second-order valence-corrected chi connectivity index (χ2v) is 6.61. The van der Waals surface area contributed by atoms with Gasteiger partial charge in [-0.2, -0.15) is 4.31 Å². The summed E-state index contributed by atoms with van der Waals surface area (Å²) in [6.07, 6.45) is 0.672. The van der Waals surface area contributed by atoms with Crippen LogP contribution in [0.4, 0.5) is 10.1 Å². The second kappa shape index (κ2) is 5.37. The van der Waals surface area contributed by atoms with Crippen LogP contribution in [0.2, 0.25) is 0 Å². The predicted molar refractivity (Wildman–Crippen MR) is 71.5 cm³/mol. The Bertz CT molecular complexity index is 605. The van der Waals surface area contributed by atoms with Gasteiger partial charge in [0, 0.05) is 19.0 Å². The molecule has 0 bridgehead atoms. The van der Waals surface area contributed by atoms with Crippen LogP contribution in [0.3, 0.4) is 0 Å². The lowest BCUT2D eigenvalue weighted by Gasteiger charge is -2.30. The van der Waals surface area contributed by atoms with E-state index in [1.807, 2.05) is 0 Å². The highest BCUT2D eigenvalue weighted by atomic mass is 32.2. The molecule has 1 heterocycles. The van der Waals surface area contributed by atoms with E-state index in [1.165, 1.54) is 12.1 Å². The van der Waals surface area contributed by atoms with E-state index >= 15 is 0 Å². The molecule has 1 saturated heterocycles. The highest BCUT2D eigenvalue weighted by molar-refractivity contribution is 7.89. The van der Waals surface area contributed by atoms with E-state index < -0.39 is 26.6 Å². The summed E-state index contributed by atoms with van der Waals surface area (Å²) in [6, 6.07) is 3.74. The fourth-order valence-electron chi connectivity index (χ4n) is 2.31. The molecule has 0 spiro atoms. The Morgan fingerprint density at radius 2 is 1.90 bits per heavy atom. The third-order valence-electron chi connectivity index (χ3n) is 3.45. The SMILES string of the molecule is NC(=O)C1CCN(S(=O)(=O)c2c(N)cccc2F)CC1. The van der Waals surface area contributed by atoms with Gasteiger partial charge in [0.15, 0.2) is 0 Å². The van der Waals surface area contributed by atoms with Gasteiger partial charge < -0.3 is 11.5 Å². The second-order valence-electron chi connectivity index (χ2n) is 4.74. The summed E-state index contributed by atoms with van der Waals surface area (Å²) in [5.74, 6) is -1.64.